The summed E-state index contributed by atoms with van der Waals surface area (Å²) in [7, 11) is 0. The van der Waals surface area contributed by atoms with E-state index in [2.05, 4.69) is 17.2 Å². The summed E-state index contributed by atoms with van der Waals surface area (Å²) in [5, 5.41) is 4.43. The molecule has 1 N–H and O–H groups in total. The Morgan fingerprint density at radius 3 is 2.65 bits per heavy atom. The second-order valence-electron chi connectivity index (χ2n) is 5.33. The molecular formula is C19H19N3O. The van der Waals surface area contributed by atoms with Gasteiger partial charge in [0.25, 0.3) is 0 Å². The topological polar surface area (TPSA) is 45.2 Å². The van der Waals surface area contributed by atoms with Gasteiger partial charge in [-0.2, -0.15) is 0 Å². The summed E-state index contributed by atoms with van der Waals surface area (Å²) in [6, 6.07) is 19.8. The third-order valence-corrected chi connectivity index (χ3v) is 3.67. The fourth-order valence-corrected chi connectivity index (χ4v) is 2.57. The summed E-state index contributed by atoms with van der Waals surface area (Å²) in [6.07, 6.45) is 1.78. The number of rotatable bonds is 6. The van der Waals surface area contributed by atoms with E-state index in [0.29, 0.717) is 6.54 Å². The van der Waals surface area contributed by atoms with Crippen molar-refractivity contribution in [3.63, 3.8) is 0 Å². The van der Waals surface area contributed by atoms with E-state index in [1.54, 1.807) is 4.90 Å². The van der Waals surface area contributed by atoms with Gasteiger partial charge in [-0.1, -0.05) is 37.3 Å². The van der Waals surface area contributed by atoms with Crippen LogP contribution in [0, 0.1) is 0 Å². The molecule has 0 aliphatic carbocycles. The first-order valence-corrected chi connectivity index (χ1v) is 7.75. The minimum absolute atomic E-state index is 0.688. The van der Waals surface area contributed by atoms with Crippen molar-refractivity contribution in [2.75, 3.05) is 16.8 Å². The van der Waals surface area contributed by atoms with E-state index < -0.39 is 0 Å². The molecule has 1 aromatic heterocycles. The minimum Gasteiger partial charge on any atom is -0.339 e. The normalized spacial score (nSPS) is 10.5. The van der Waals surface area contributed by atoms with Crippen LogP contribution in [-0.2, 0) is 4.79 Å². The third-order valence-electron chi connectivity index (χ3n) is 3.67. The Morgan fingerprint density at radius 1 is 1.04 bits per heavy atom. The van der Waals surface area contributed by atoms with Gasteiger partial charge in [0.05, 0.1) is 16.9 Å². The lowest BCUT2D eigenvalue weighted by Crippen LogP contribution is -2.22. The van der Waals surface area contributed by atoms with Crippen molar-refractivity contribution < 1.29 is 4.79 Å². The summed E-state index contributed by atoms with van der Waals surface area (Å²) in [6.45, 7) is 2.74. The molecule has 0 saturated carbocycles. The van der Waals surface area contributed by atoms with Crippen molar-refractivity contribution in [3.8, 4) is 0 Å². The first-order valence-electron chi connectivity index (χ1n) is 7.75. The van der Waals surface area contributed by atoms with Crippen molar-refractivity contribution in [2.45, 2.75) is 13.3 Å². The average Bonchev–Trinajstić information content (AvgIpc) is 2.60. The highest BCUT2D eigenvalue weighted by Gasteiger charge is 2.10. The highest BCUT2D eigenvalue weighted by atomic mass is 16.1. The predicted octanol–water partition coefficient (Wildman–Crippen LogP) is 4.35. The Kier molecular flexibility index (Phi) is 4.52. The predicted molar refractivity (Wildman–Crippen MR) is 95.2 cm³/mol. The number of hydrogen-bond donors (Lipinski definition) is 1. The molecule has 0 spiro atoms. The van der Waals surface area contributed by atoms with Gasteiger partial charge in [-0.25, -0.2) is 4.98 Å². The van der Waals surface area contributed by atoms with Crippen LogP contribution < -0.4 is 10.2 Å². The molecule has 1 amide bonds. The van der Waals surface area contributed by atoms with E-state index >= 15 is 0 Å². The smallest absolute Gasteiger partial charge is 0.214 e. The first-order chi connectivity index (χ1) is 11.3. The molecule has 0 fully saturated rings. The summed E-state index contributed by atoms with van der Waals surface area (Å²) in [5.74, 6) is 0.762. The Morgan fingerprint density at radius 2 is 1.83 bits per heavy atom. The van der Waals surface area contributed by atoms with Gasteiger partial charge >= 0.3 is 0 Å². The molecule has 3 rings (SSSR count). The Hall–Kier alpha value is -2.88. The number of anilines is 3. The van der Waals surface area contributed by atoms with Gasteiger partial charge in [0.15, 0.2) is 0 Å². The molecule has 1 heterocycles. The van der Waals surface area contributed by atoms with Crippen LogP contribution in [0.15, 0.2) is 60.7 Å². The first kappa shape index (κ1) is 15.0. The standard InChI is InChI=1S/C19H19N3O/c1-2-13-22(14-23)18-10-6-5-9-17(18)21-19-12-11-15-7-3-4-8-16(15)20-19/h3-12,14H,2,13H2,1H3,(H,20,21). The molecule has 0 bridgehead atoms. The van der Waals surface area contributed by atoms with Crippen molar-refractivity contribution in [1.29, 1.82) is 0 Å². The molecule has 0 radical (unpaired) electrons. The highest BCUT2D eigenvalue weighted by molar-refractivity contribution is 5.86. The lowest BCUT2D eigenvalue weighted by molar-refractivity contribution is -0.107. The molecule has 2 aromatic carbocycles. The number of fused-ring (bicyclic) bond motifs is 1. The van der Waals surface area contributed by atoms with Crippen molar-refractivity contribution in [2.24, 2.45) is 0 Å². The van der Waals surface area contributed by atoms with E-state index in [1.807, 2.05) is 60.7 Å². The quantitative estimate of drug-likeness (QED) is 0.689. The fraction of sp³-hybridized carbons (Fsp3) is 0.158. The van der Waals surface area contributed by atoms with Crippen LogP contribution in [0.4, 0.5) is 17.2 Å². The molecule has 4 heteroatoms. The van der Waals surface area contributed by atoms with E-state index in [4.69, 9.17) is 0 Å². The number of benzene rings is 2. The van der Waals surface area contributed by atoms with Gasteiger partial charge in [-0.15, -0.1) is 0 Å². The van der Waals surface area contributed by atoms with Gasteiger partial charge in [0, 0.05) is 11.9 Å². The van der Waals surface area contributed by atoms with Crippen molar-refractivity contribution in [1.82, 2.24) is 4.98 Å². The fourth-order valence-electron chi connectivity index (χ4n) is 2.57. The lowest BCUT2D eigenvalue weighted by Gasteiger charge is -2.20. The molecule has 23 heavy (non-hydrogen) atoms. The van der Waals surface area contributed by atoms with Crippen LogP contribution in [0.1, 0.15) is 13.3 Å². The van der Waals surface area contributed by atoms with E-state index in [0.717, 1.165) is 40.9 Å². The molecule has 0 unspecified atom stereocenters. The summed E-state index contributed by atoms with van der Waals surface area (Å²) >= 11 is 0. The maximum Gasteiger partial charge on any atom is 0.214 e. The largest absolute Gasteiger partial charge is 0.339 e. The molecular weight excluding hydrogens is 286 g/mol. The van der Waals surface area contributed by atoms with Gasteiger partial charge in [-0.3, -0.25) is 4.79 Å². The number of hydrogen-bond acceptors (Lipinski definition) is 3. The second-order valence-corrected chi connectivity index (χ2v) is 5.33. The van der Waals surface area contributed by atoms with E-state index in [1.165, 1.54) is 0 Å². The maximum absolute atomic E-state index is 11.4. The molecule has 4 nitrogen and oxygen atoms in total. The zero-order valence-electron chi connectivity index (χ0n) is 13.1. The van der Waals surface area contributed by atoms with Crippen LogP contribution in [-0.4, -0.2) is 17.9 Å². The maximum atomic E-state index is 11.4. The van der Waals surface area contributed by atoms with E-state index in [-0.39, 0.29) is 0 Å². The lowest BCUT2D eigenvalue weighted by atomic mass is 10.2. The van der Waals surface area contributed by atoms with Crippen molar-refractivity contribution >= 4 is 34.5 Å². The molecule has 0 aliphatic heterocycles. The molecule has 0 saturated heterocycles. The molecule has 0 aliphatic rings. The van der Waals surface area contributed by atoms with Gasteiger partial charge in [0.1, 0.15) is 5.82 Å². The van der Waals surface area contributed by atoms with Crippen LogP contribution in [0.3, 0.4) is 0 Å². The SMILES string of the molecule is CCCN(C=O)c1ccccc1Nc1ccc2ccccc2n1. The van der Waals surface area contributed by atoms with E-state index in [9.17, 15) is 4.79 Å². The summed E-state index contributed by atoms with van der Waals surface area (Å²) in [5.41, 5.74) is 2.67. The minimum atomic E-state index is 0.688. The zero-order valence-corrected chi connectivity index (χ0v) is 13.1. The third kappa shape index (κ3) is 3.31. The number of aromatic nitrogens is 1. The molecule has 3 aromatic rings. The van der Waals surface area contributed by atoms with Crippen LogP contribution in [0.25, 0.3) is 10.9 Å². The second kappa shape index (κ2) is 6.92. The number of para-hydroxylation sites is 3. The number of carbonyl (C=O) groups is 1. The Bertz CT molecular complexity index is 816. The van der Waals surface area contributed by atoms with Gasteiger partial charge < -0.3 is 10.2 Å². The van der Waals surface area contributed by atoms with Crippen LogP contribution in [0.2, 0.25) is 0 Å². The number of carbonyl (C=O) groups excluding carboxylic acids is 1. The monoisotopic (exact) mass is 305 g/mol. The number of nitrogens with one attached hydrogen (secondary N) is 1. The summed E-state index contributed by atoms with van der Waals surface area (Å²) in [4.78, 5) is 17.7. The summed E-state index contributed by atoms with van der Waals surface area (Å²) < 4.78 is 0. The van der Waals surface area contributed by atoms with Crippen LogP contribution >= 0.6 is 0 Å². The van der Waals surface area contributed by atoms with Crippen LogP contribution in [0.5, 0.6) is 0 Å². The highest BCUT2D eigenvalue weighted by Crippen LogP contribution is 2.28. The molecule has 116 valence electrons. The molecule has 0 atom stereocenters. The Labute approximate surface area is 135 Å². The zero-order chi connectivity index (χ0) is 16.1. The van der Waals surface area contributed by atoms with Gasteiger partial charge in [-0.05, 0) is 36.8 Å². The number of amides is 1. The average molecular weight is 305 g/mol. The van der Waals surface area contributed by atoms with Crippen molar-refractivity contribution in [3.05, 3.63) is 60.7 Å². The number of nitrogens with zero attached hydrogens (tertiary/aromatic N) is 2. The van der Waals surface area contributed by atoms with Gasteiger partial charge in [0.2, 0.25) is 6.41 Å². The Balaban J connectivity index is 1.93. The number of pyridine rings is 1.